The summed E-state index contributed by atoms with van der Waals surface area (Å²) >= 11 is 5.89. The van der Waals surface area contributed by atoms with Crippen LogP contribution in [0.15, 0.2) is 24.3 Å². The topological polar surface area (TPSA) is 38.3 Å². The SMILES string of the molecule is CC(C)CC(=O)N[C@@H]1CCO[C@H]1c1ccc(Cl)cc1. The van der Waals surface area contributed by atoms with Crippen molar-refractivity contribution in [1.82, 2.24) is 5.32 Å². The molecule has 1 aromatic carbocycles. The maximum atomic E-state index is 11.9. The molecule has 1 aliphatic heterocycles. The van der Waals surface area contributed by atoms with E-state index < -0.39 is 0 Å². The van der Waals surface area contributed by atoms with Gasteiger partial charge in [0, 0.05) is 18.1 Å². The highest BCUT2D eigenvalue weighted by molar-refractivity contribution is 6.30. The number of carbonyl (C=O) groups excluding carboxylic acids is 1. The van der Waals surface area contributed by atoms with Crippen LogP contribution in [0.3, 0.4) is 0 Å². The normalized spacial score (nSPS) is 22.7. The minimum Gasteiger partial charge on any atom is -0.371 e. The molecule has 2 rings (SSSR count). The third-order valence-electron chi connectivity index (χ3n) is 3.23. The number of ether oxygens (including phenoxy) is 1. The highest BCUT2D eigenvalue weighted by Crippen LogP contribution is 2.30. The standard InChI is InChI=1S/C15H20ClNO2/c1-10(2)9-14(18)17-13-7-8-19-15(13)11-3-5-12(16)6-4-11/h3-6,10,13,15H,7-9H2,1-2H3,(H,17,18)/t13-,15+/m1/s1. The lowest BCUT2D eigenvalue weighted by Crippen LogP contribution is -2.37. The minimum atomic E-state index is -0.0617. The van der Waals surface area contributed by atoms with E-state index in [0.29, 0.717) is 24.0 Å². The first-order valence-corrected chi connectivity index (χ1v) is 7.10. The molecule has 2 atom stereocenters. The van der Waals surface area contributed by atoms with Gasteiger partial charge in [0.25, 0.3) is 0 Å². The summed E-state index contributed by atoms with van der Waals surface area (Å²) in [6, 6.07) is 7.68. The van der Waals surface area contributed by atoms with Crippen molar-refractivity contribution in [1.29, 1.82) is 0 Å². The Kier molecular flexibility index (Phi) is 4.83. The van der Waals surface area contributed by atoms with E-state index >= 15 is 0 Å². The van der Waals surface area contributed by atoms with Gasteiger partial charge in [-0.1, -0.05) is 37.6 Å². The van der Waals surface area contributed by atoms with Crippen LogP contribution in [-0.2, 0) is 9.53 Å². The van der Waals surface area contributed by atoms with E-state index in [4.69, 9.17) is 16.3 Å². The van der Waals surface area contributed by atoms with Crippen LogP contribution < -0.4 is 5.32 Å². The lowest BCUT2D eigenvalue weighted by molar-refractivity contribution is -0.122. The number of hydrogen-bond acceptors (Lipinski definition) is 2. The Hall–Kier alpha value is -1.06. The molecule has 0 spiro atoms. The van der Waals surface area contributed by atoms with Crippen molar-refractivity contribution in [3.8, 4) is 0 Å². The van der Waals surface area contributed by atoms with Gasteiger partial charge in [0.2, 0.25) is 5.91 Å². The maximum absolute atomic E-state index is 11.9. The number of benzene rings is 1. The second-order valence-corrected chi connectivity index (χ2v) is 5.84. The van der Waals surface area contributed by atoms with Gasteiger partial charge in [-0.25, -0.2) is 0 Å². The van der Waals surface area contributed by atoms with Crippen LogP contribution in [0.5, 0.6) is 0 Å². The number of nitrogens with one attached hydrogen (secondary N) is 1. The van der Waals surface area contributed by atoms with E-state index in [1.54, 1.807) is 0 Å². The second-order valence-electron chi connectivity index (χ2n) is 5.40. The smallest absolute Gasteiger partial charge is 0.220 e. The van der Waals surface area contributed by atoms with E-state index in [1.807, 2.05) is 38.1 Å². The van der Waals surface area contributed by atoms with Crippen LogP contribution in [0.25, 0.3) is 0 Å². The van der Waals surface area contributed by atoms with E-state index in [2.05, 4.69) is 5.32 Å². The summed E-state index contributed by atoms with van der Waals surface area (Å²) in [5.74, 6) is 0.473. The predicted molar refractivity (Wildman–Crippen MR) is 76.1 cm³/mol. The summed E-state index contributed by atoms with van der Waals surface area (Å²) in [5.41, 5.74) is 1.07. The molecule has 0 unspecified atom stereocenters. The monoisotopic (exact) mass is 281 g/mol. The molecule has 4 heteroatoms. The molecule has 104 valence electrons. The van der Waals surface area contributed by atoms with Gasteiger partial charge in [-0.2, -0.15) is 0 Å². The largest absolute Gasteiger partial charge is 0.371 e. The maximum Gasteiger partial charge on any atom is 0.220 e. The second kappa shape index (κ2) is 6.40. The minimum absolute atomic E-state index is 0.0617. The van der Waals surface area contributed by atoms with Gasteiger partial charge < -0.3 is 10.1 Å². The van der Waals surface area contributed by atoms with Gasteiger partial charge >= 0.3 is 0 Å². The van der Waals surface area contributed by atoms with E-state index in [-0.39, 0.29) is 18.1 Å². The summed E-state index contributed by atoms with van der Waals surface area (Å²) in [7, 11) is 0. The fraction of sp³-hybridized carbons (Fsp3) is 0.533. The van der Waals surface area contributed by atoms with Gasteiger partial charge in [-0.05, 0) is 30.0 Å². The summed E-state index contributed by atoms with van der Waals surface area (Å²) in [5, 5.41) is 3.79. The Morgan fingerprint density at radius 3 is 2.74 bits per heavy atom. The number of carbonyl (C=O) groups is 1. The van der Waals surface area contributed by atoms with Gasteiger partial charge in [-0.3, -0.25) is 4.79 Å². The van der Waals surface area contributed by atoms with Gasteiger partial charge in [-0.15, -0.1) is 0 Å². The Bertz CT molecular complexity index is 430. The molecule has 1 saturated heterocycles. The van der Waals surface area contributed by atoms with E-state index in [1.165, 1.54) is 0 Å². The average molecular weight is 282 g/mol. The van der Waals surface area contributed by atoms with Crippen molar-refractivity contribution < 1.29 is 9.53 Å². The average Bonchev–Trinajstić information content (AvgIpc) is 2.77. The first-order valence-electron chi connectivity index (χ1n) is 6.72. The van der Waals surface area contributed by atoms with Crippen LogP contribution in [0.4, 0.5) is 0 Å². The molecule has 0 bridgehead atoms. The molecular weight excluding hydrogens is 262 g/mol. The van der Waals surface area contributed by atoms with E-state index in [9.17, 15) is 4.79 Å². The zero-order valence-corrected chi connectivity index (χ0v) is 12.1. The molecule has 0 aromatic heterocycles. The Morgan fingerprint density at radius 1 is 1.42 bits per heavy atom. The molecular formula is C15H20ClNO2. The van der Waals surface area contributed by atoms with Crippen molar-refractivity contribution in [2.24, 2.45) is 5.92 Å². The zero-order chi connectivity index (χ0) is 13.8. The number of hydrogen-bond donors (Lipinski definition) is 1. The van der Waals surface area contributed by atoms with Crippen molar-refractivity contribution >= 4 is 17.5 Å². The number of halogens is 1. The van der Waals surface area contributed by atoms with Crippen molar-refractivity contribution in [3.05, 3.63) is 34.9 Å². The fourth-order valence-corrected chi connectivity index (χ4v) is 2.48. The fourth-order valence-electron chi connectivity index (χ4n) is 2.35. The molecule has 0 radical (unpaired) electrons. The Labute approximate surface area is 119 Å². The van der Waals surface area contributed by atoms with Crippen LogP contribution in [0.2, 0.25) is 5.02 Å². The summed E-state index contributed by atoms with van der Waals surface area (Å²) in [6.07, 6.45) is 1.36. The molecule has 1 heterocycles. The third kappa shape index (κ3) is 3.95. The van der Waals surface area contributed by atoms with Crippen LogP contribution in [0.1, 0.15) is 38.4 Å². The third-order valence-corrected chi connectivity index (χ3v) is 3.48. The van der Waals surface area contributed by atoms with Crippen LogP contribution >= 0.6 is 11.6 Å². The van der Waals surface area contributed by atoms with Crippen molar-refractivity contribution in [2.45, 2.75) is 38.8 Å². The number of rotatable bonds is 4. The van der Waals surface area contributed by atoms with Crippen molar-refractivity contribution in [3.63, 3.8) is 0 Å². The van der Waals surface area contributed by atoms with Gasteiger partial charge in [0.15, 0.2) is 0 Å². The van der Waals surface area contributed by atoms with Gasteiger partial charge in [0.1, 0.15) is 6.10 Å². The predicted octanol–water partition coefficient (Wildman–Crippen LogP) is 3.33. The Balaban J connectivity index is 2.00. The van der Waals surface area contributed by atoms with Crippen LogP contribution in [0, 0.1) is 5.92 Å². The summed E-state index contributed by atoms with van der Waals surface area (Å²) < 4.78 is 5.74. The molecule has 0 aliphatic carbocycles. The highest BCUT2D eigenvalue weighted by atomic mass is 35.5. The molecule has 1 fully saturated rings. The Morgan fingerprint density at radius 2 is 2.11 bits per heavy atom. The quantitative estimate of drug-likeness (QED) is 0.919. The molecule has 19 heavy (non-hydrogen) atoms. The molecule has 0 saturated carbocycles. The van der Waals surface area contributed by atoms with Crippen LogP contribution in [-0.4, -0.2) is 18.6 Å². The molecule has 1 N–H and O–H groups in total. The first kappa shape index (κ1) is 14.4. The van der Waals surface area contributed by atoms with Crippen molar-refractivity contribution in [2.75, 3.05) is 6.61 Å². The molecule has 1 aromatic rings. The van der Waals surface area contributed by atoms with E-state index in [0.717, 1.165) is 12.0 Å². The summed E-state index contributed by atoms with van der Waals surface area (Å²) in [4.78, 5) is 11.9. The molecule has 3 nitrogen and oxygen atoms in total. The lowest BCUT2D eigenvalue weighted by Gasteiger charge is -2.20. The first-order chi connectivity index (χ1) is 9.06. The zero-order valence-electron chi connectivity index (χ0n) is 11.4. The lowest BCUT2D eigenvalue weighted by atomic mass is 10.0. The van der Waals surface area contributed by atoms with Gasteiger partial charge in [0.05, 0.1) is 6.04 Å². The highest BCUT2D eigenvalue weighted by Gasteiger charge is 2.30. The summed E-state index contributed by atoms with van der Waals surface area (Å²) in [6.45, 7) is 4.77. The molecule has 1 amide bonds. The number of amides is 1. The molecule has 1 aliphatic rings.